The third-order valence-corrected chi connectivity index (χ3v) is 5.17. The lowest BCUT2D eigenvalue weighted by atomic mass is 9.95. The fourth-order valence-electron chi connectivity index (χ4n) is 3.39. The van der Waals surface area contributed by atoms with Crippen LogP contribution in [0.1, 0.15) is 0 Å². The highest BCUT2D eigenvalue weighted by atomic mass is 35.5. The maximum atomic E-state index is 6.56. The van der Waals surface area contributed by atoms with E-state index in [-0.39, 0.29) is 0 Å². The SMILES string of the molecule is Clc1ccc(-c2c(-c3nc4ccccc4[nH]3)ccc3cccnc23)c(Cl)c1. The number of aromatic amines is 1. The van der Waals surface area contributed by atoms with Gasteiger partial charge in [-0.2, -0.15) is 0 Å². The van der Waals surface area contributed by atoms with Crippen molar-refractivity contribution in [2.45, 2.75) is 0 Å². The van der Waals surface area contributed by atoms with Gasteiger partial charge in [0, 0.05) is 38.3 Å². The molecule has 0 fully saturated rings. The van der Waals surface area contributed by atoms with Crippen molar-refractivity contribution in [2.24, 2.45) is 0 Å². The minimum atomic E-state index is 0.581. The molecule has 3 nitrogen and oxygen atoms in total. The van der Waals surface area contributed by atoms with Crippen molar-refractivity contribution in [2.75, 3.05) is 0 Å². The zero-order valence-corrected chi connectivity index (χ0v) is 15.6. The predicted molar refractivity (Wildman–Crippen MR) is 112 cm³/mol. The molecule has 27 heavy (non-hydrogen) atoms. The molecule has 0 aliphatic heterocycles. The summed E-state index contributed by atoms with van der Waals surface area (Å²) >= 11 is 12.7. The van der Waals surface area contributed by atoms with Crippen LogP contribution in [-0.2, 0) is 0 Å². The van der Waals surface area contributed by atoms with Crippen LogP contribution in [0, 0.1) is 0 Å². The van der Waals surface area contributed by atoms with Crippen LogP contribution in [0.4, 0.5) is 0 Å². The standard InChI is InChI=1S/C22H13Cl2N3/c23-14-8-10-15(17(24)12-14)20-16(9-7-13-4-3-11-25-21(13)20)22-26-18-5-1-2-6-19(18)27-22/h1-12H,(H,26,27). The molecule has 0 atom stereocenters. The molecule has 0 unspecified atom stereocenters. The molecule has 0 amide bonds. The Morgan fingerprint density at radius 3 is 2.52 bits per heavy atom. The van der Waals surface area contributed by atoms with E-state index in [9.17, 15) is 0 Å². The van der Waals surface area contributed by atoms with Gasteiger partial charge in [0.15, 0.2) is 0 Å². The number of nitrogens with zero attached hydrogens (tertiary/aromatic N) is 2. The highest BCUT2D eigenvalue weighted by molar-refractivity contribution is 6.37. The molecule has 2 aromatic heterocycles. The third kappa shape index (κ3) is 2.76. The lowest BCUT2D eigenvalue weighted by Gasteiger charge is -2.13. The summed E-state index contributed by atoms with van der Waals surface area (Å²) in [6, 6.07) is 21.6. The fraction of sp³-hybridized carbons (Fsp3) is 0. The van der Waals surface area contributed by atoms with E-state index in [1.807, 2.05) is 48.5 Å². The number of rotatable bonds is 2. The summed E-state index contributed by atoms with van der Waals surface area (Å²) in [4.78, 5) is 12.8. The smallest absolute Gasteiger partial charge is 0.139 e. The molecule has 130 valence electrons. The number of halogens is 2. The molecule has 5 heteroatoms. The molecule has 5 rings (SSSR count). The van der Waals surface area contributed by atoms with E-state index in [4.69, 9.17) is 28.2 Å². The van der Waals surface area contributed by atoms with E-state index in [0.29, 0.717) is 10.0 Å². The summed E-state index contributed by atoms with van der Waals surface area (Å²) in [5.74, 6) is 0.782. The van der Waals surface area contributed by atoms with Crippen LogP contribution in [0.2, 0.25) is 10.0 Å². The Labute approximate surface area is 165 Å². The number of hydrogen-bond acceptors (Lipinski definition) is 2. The van der Waals surface area contributed by atoms with Crippen LogP contribution in [0.5, 0.6) is 0 Å². The normalized spacial score (nSPS) is 11.3. The topological polar surface area (TPSA) is 41.6 Å². The van der Waals surface area contributed by atoms with Crippen molar-refractivity contribution in [1.29, 1.82) is 0 Å². The number of fused-ring (bicyclic) bond motifs is 2. The molecule has 5 aromatic rings. The summed E-state index contributed by atoms with van der Waals surface area (Å²) < 4.78 is 0. The van der Waals surface area contributed by atoms with Crippen molar-refractivity contribution in [3.63, 3.8) is 0 Å². The van der Waals surface area contributed by atoms with Gasteiger partial charge in [-0.25, -0.2) is 4.98 Å². The predicted octanol–water partition coefficient (Wildman–Crippen LogP) is 6.75. The molecule has 0 saturated heterocycles. The van der Waals surface area contributed by atoms with Gasteiger partial charge in [0.2, 0.25) is 0 Å². The first kappa shape index (κ1) is 16.3. The number of pyridine rings is 1. The first-order valence-electron chi connectivity index (χ1n) is 8.49. The van der Waals surface area contributed by atoms with Gasteiger partial charge in [0.25, 0.3) is 0 Å². The molecule has 2 heterocycles. The van der Waals surface area contributed by atoms with E-state index in [0.717, 1.165) is 44.5 Å². The minimum absolute atomic E-state index is 0.581. The largest absolute Gasteiger partial charge is 0.338 e. The summed E-state index contributed by atoms with van der Waals surface area (Å²) in [7, 11) is 0. The number of nitrogens with one attached hydrogen (secondary N) is 1. The second kappa shape index (κ2) is 6.38. The van der Waals surface area contributed by atoms with Gasteiger partial charge in [-0.1, -0.05) is 53.5 Å². The Kier molecular flexibility index (Phi) is 3.85. The third-order valence-electron chi connectivity index (χ3n) is 4.62. The molecule has 1 N–H and O–H groups in total. The number of benzene rings is 3. The van der Waals surface area contributed by atoms with Crippen molar-refractivity contribution in [3.8, 4) is 22.5 Å². The van der Waals surface area contributed by atoms with Gasteiger partial charge in [-0.15, -0.1) is 0 Å². The maximum Gasteiger partial charge on any atom is 0.139 e. The highest BCUT2D eigenvalue weighted by Crippen LogP contribution is 2.40. The molecular formula is C22H13Cl2N3. The summed E-state index contributed by atoms with van der Waals surface area (Å²) in [5.41, 5.74) is 5.54. The summed E-state index contributed by atoms with van der Waals surface area (Å²) in [6.45, 7) is 0. The van der Waals surface area contributed by atoms with Gasteiger partial charge in [-0.05, 0) is 36.4 Å². The Morgan fingerprint density at radius 1 is 0.815 bits per heavy atom. The van der Waals surface area contributed by atoms with Gasteiger partial charge in [0.1, 0.15) is 5.82 Å². The van der Waals surface area contributed by atoms with E-state index in [1.54, 1.807) is 12.3 Å². The van der Waals surface area contributed by atoms with Crippen LogP contribution < -0.4 is 0 Å². The Hall–Kier alpha value is -2.88. The minimum Gasteiger partial charge on any atom is -0.338 e. The number of hydrogen-bond donors (Lipinski definition) is 1. The molecular weight excluding hydrogens is 377 g/mol. The summed E-state index contributed by atoms with van der Waals surface area (Å²) in [6.07, 6.45) is 1.79. The summed E-state index contributed by atoms with van der Waals surface area (Å²) in [5, 5.41) is 2.22. The van der Waals surface area contributed by atoms with Gasteiger partial charge in [-0.3, -0.25) is 4.98 Å². The Morgan fingerprint density at radius 2 is 1.67 bits per heavy atom. The van der Waals surface area contributed by atoms with Gasteiger partial charge in [0.05, 0.1) is 16.6 Å². The lowest BCUT2D eigenvalue weighted by Crippen LogP contribution is -1.92. The first-order chi connectivity index (χ1) is 13.2. The Bertz CT molecular complexity index is 1270. The lowest BCUT2D eigenvalue weighted by molar-refractivity contribution is 1.33. The van der Waals surface area contributed by atoms with Crippen molar-refractivity contribution in [1.82, 2.24) is 15.0 Å². The number of para-hydroxylation sites is 2. The number of imidazole rings is 1. The molecule has 0 saturated carbocycles. The van der Waals surface area contributed by atoms with Crippen molar-refractivity contribution in [3.05, 3.63) is 83.0 Å². The monoisotopic (exact) mass is 389 g/mol. The quantitative estimate of drug-likeness (QED) is 0.362. The molecule has 3 aromatic carbocycles. The van der Waals surface area contributed by atoms with Crippen LogP contribution in [0.15, 0.2) is 72.9 Å². The first-order valence-corrected chi connectivity index (χ1v) is 9.24. The van der Waals surface area contributed by atoms with E-state index in [1.165, 1.54) is 0 Å². The van der Waals surface area contributed by atoms with Crippen LogP contribution in [-0.4, -0.2) is 15.0 Å². The van der Waals surface area contributed by atoms with Gasteiger partial charge >= 0.3 is 0 Å². The zero-order chi connectivity index (χ0) is 18.4. The number of aromatic nitrogens is 3. The van der Waals surface area contributed by atoms with E-state index in [2.05, 4.69) is 22.1 Å². The Balaban J connectivity index is 1.87. The van der Waals surface area contributed by atoms with Crippen LogP contribution >= 0.6 is 23.2 Å². The number of H-pyrrole nitrogens is 1. The fourth-order valence-corrected chi connectivity index (χ4v) is 3.89. The average molecular weight is 390 g/mol. The zero-order valence-electron chi connectivity index (χ0n) is 14.1. The maximum absolute atomic E-state index is 6.56. The van der Waals surface area contributed by atoms with Crippen molar-refractivity contribution < 1.29 is 0 Å². The molecule has 0 spiro atoms. The van der Waals surface area contributed by atoms with Crippen molar-refractivity contribution >= 4 is 45.1 Å². The second-order valence-corrected chi connectivity index (χ2v) is 7.13. The highest BCUT2D eigenvalue weighted by Gasteiger charge is 2.17. The molecule has 0 bridgehead atoms. The van der Waals surface area contributed by atoms with Gasteiger partial charge < -0.3 is 4.98 Å². The second-order valence-electron chi connectivity index (χ2n) is 6.29. The van der Waals surface area contributed by atoms with E-state index < -0.39 is 0 Å². The molecule has 0 radical (unpaired) electrons. The van der Waals surface area contributed by atoms with E-state index >= 15 is 0 Å². The average Bonchev–Trinajstić information content (AvgIpc) is 3.11. The van der Waals surface area contributed by atoms with Crippen LogP contribution in [0.3, 0.4) is 0 Å². The molecule has 0 aliphatic carbocycles. The van der Waals surface area contributed by atoms with Crippen LogP contribution in [0.25, 0.3) is 44.5 Å². The molecule has 0 aliphatic rings.